The van der Waals surface area contributed by atoms with Gasteiger partial charge in [-0.15, -0.1) is 0 Å². The summed E-state index contributed by atoms with van der Waals surface area (Å²) in [4.78, 5) is 37.2. The number of hydrogen-bond donors (Lipinski definition) is 2. The summed E-state index contributed by atoms with van der Waals surface area (Å²) < 4.78 is 40.1. The first-order valence-electron chi connectivity index (χ1n) is 9.07. The van der Waals surface area contributed by atoms with Crippen LogP contribution in [-0.4, -0.2) is 35.7 Å². The zero-order valence-corrected chi connectivity index (χ0v) is 16.0. The van der Waals surface area contributed by atoms with E-state index in [1.807, 2.05) is 0 Å². The number of likely N-dealkylation sites (tertiary alicyclic amines) is 1. The highest BCUT2D eigenvalue weighted by molar-refractivity contribution is 5.95. The Kier molecular flexibility index (Phi) is 6.69. The van der Waals surface area contributed by atoms with Crippen LogP contribution >= 0.6 is 0 Å². The van der Waals surface area contributed by atoms with Crippen LogP contribution < -0.4 is 10.6 Å². The summed E-state index contributed by atoms with van der Waals surface area (Å²) in [5, 5.41) is 4.66. The van der Waals surface area contributed by atoms with E-state index in [0.29, 0.717) is 25.9 Å². The predicted molar refractivity (Wildman–Crippen MR) is 98.5 cm³/mol. The van der Waals surface area contributed by atoms with Gasteiger partial charge < -0.3 is 15.5 Å². The molecule has 0 aliphatic carbocycles. The highest BCUT2D eigenvalue weighted by atomic mass is 19.4. The summed E-state index contributed by atoms with van der Waals surface area (Å²) in [7, 11) is 0. The highest BCUT2D eigenvalue weighted by Gasteiger charge is 2.35. The molecule has 1 aliphatic rings. The molecule has 2 N–H and O–H groups in total. The zero-order valence-electron chi connectivity index (χ0n) is 16.0. The van der Waals surface area contributed by atoms with Crippen molar-refractivity contribution in [3.05, 3.63) is 23.8 Å². The molecule has 1 aliphatic heterocycles. The maximum atomic E-state index is 13.4. The van der Waals surface area contributed by atoms with E-state index in [2.05, 4.69) is 10.6 Å². The zero-order chi connectivity index (χ0) is 21.1. The third-order valence-corrected chi connectivity index (χ3v) is 4.57. The van der Waals surface area contributed by atoms with Crippen molar-refractivity contribution >= 4 is 29.1 Å². The number of carbonyl (C=O) groups is 3. The Morgan fingerprint density at radius 1 is 1.11 bits per heavy atom. The molecule has 28 heavy (non-hydrogen) atoms. The van der Waals surface area contributed by atoms with Gasteiger partial charge in [0.25, 0.3) is 0 Å². The summed E-state index contributed by atoms with van der Waals surface area (Å²) in [6, 6.07) is 3.22. The summed E-state index contributed by atoms with van der Waals surface area (Å²) >= 11 is 0. The number of halogens is 3. The first-order chi connectivity index (χ1) is 13.0. The molecular weight excluding hydrogens is 375 g/mol. The fourth-order valence-electron chi connectivity index (χ4n) is 3.13. The number of rotatable bonds is 4. The van der Waals surface area contributed by atoms with E-state index >= 15 is 0 Å². The van der Waals surface area contributed by atoms with Gasteiger partial charge in [0, 0.05) is 37.5 Å². The van der Waals surface area contributed by atoms with Crippen LogP contribution in [0, 0.1) is 11.8 Å². The molecule has 0 radical (unpaired) electrons. The van der Waals surface area contributed by atoms with E-state index in [1.54, 1.807) is 18.7 Å². The maximum Gasteiger partial charge on any atom is 0.418 e. The lowest BCUT2D eigenvalue weighted by Gasteiger charge is -2.32. The summed E-state index contributed by atoms with van der Waals surface area (Å²) in [5.74, 6) is -1.59. The number of nitrogens with one attached hydrogen (secondary N) is 2. The van der Waals surface area contributed by atoms with Crippen molar-refractivity contribution in [1.82, 2.24) is 4.90 Å². The topological polar surface area (TPSA) is 78.5 Å². The smallest absolute Gasteiger partial charge is 0.342 e. The quantitative estimate of drug-likeness (QED) is 0.814. The normalized spacial score (nSPS) is 15.5. The van der Waals surface area contributed by atoms with Crippen LogP contribution in [0.3, 0.4) is 0 Å². The van der Waals surface area contributed by atoms with E-state index < -0.39 is 29.5 Å². The van der Waals surface area contributed by atoms with Crippen LogP contribution in [0.5, 0.6) is 0 Å². The summed E-state index contributed by atoms with van der Waals surface area (Å²) in [6.45, 7) is 5.60. The molecule has 9 heteroatoms. The Morgan fingerprint density at radius 2 is 1.71 bits per heavy atom. The second-order valence-electron chi connectivity index (χ2n) is 7.18. The number of alkyl halides is 3. The monoisotopic (exact) mass is 399 g/mol. The van der Waals surface area contributed by atoms with Gasteiger partial charge in [0.05, 0.1) is 11.3 Å². The lowest BCUT2D eigenvalue weighted by molar-refractivity contribution is -0.138. The minimum Gasteiger partial charge on any atom is -0.342 e. The Labute approximate surface area is 161 Å². The van der Waals surface area contributed by atoms with E-state index in [1.165, 1.54) is 13.0 Å². The minimum atomic E-state index is -4.69. The van der Waals surface area contributed by atoms with Gasteiger partial charge in [-0.1, -0.05) is 13.8 Å². The fraction of sp³-hybridized carbons (Fsp3) is 0.526. The first kappa shape index (κ1) is 21.7. The van der Waals surface area contributed by atoms with Crippen LogP contribution in [-0.2, 0) is 20.6 Å². The van der Waals surface area contributed by atoms with Crippen LogP contribution in [0.1, 0.15) is 39.2 Å². The predicted octanol–water partition coefficient (Wildman–Crippen LogP) is 3.50. The molecule has 6 nitrogen and oxygen atoms in total. The maximum absolute atomic E-state index is 13.4. The molecule has 1 heterocycles. The summed E-state index contributed by atoms with van der Waals surface area (Å²) in [6.07, 6.45) is -3.89. The van der Waals surface area contributed by atoms with E-state index in [4.69, 9.17) is 0 Å². The number of anilines is 2. The van der Waals surface area contributed by atoms with Crippen LogP contribution in [0.25, 0.3) is 0 Å². The molecule has 1 aromatic rings. The second kappa shape index (κ2) is 8.62. The van der Waals surface area contributed by atoms with Crippen molar-refractivity contribution in [2.45, 2.75) is 39.8 Å². The largest absolute Gasteiger partial charge is 0.418 e. The molecule has 0 spiro atoms. The van der Waals surface area contributed by atoms with Crippen molar-refractivity contribution < 1.29 is 27.6 Å². The van der Waals surface area contributed by atoms with Crippen molar-refractivity contribution in [3.63, 3.8) is 0 Å². The Hall–Kier alpha value is -2.58. The number of carbonyl (C=O) groups excluding carboxylic acids is 3. The average molecular weight is 399 g/mol. The van der Waals surface area contributed by atoms with Gasteiger partial charge in [0.1, 0.15) is 0 Å². The van der Waals surface area contributed by atoms with Gasteiger partial charge in [-0.2, -0.15) is 13.2 Å². The van der Waals surface area contributed by atoms with Gasteiger partial charge in [-0.3, -0.25) is 14.4 Å². The third-order valence-electron chi connectivity index (χ3n) is 4.57. The molecule has 0 saturated carbocycles. The molecule has 1 saturated heterocycles. The Bertz CT molecular complexity index is 755. The van der Waals surface area contributed by atoms with Crippen molar-refractivity contribution in [2.75, 3.05) is 23.7 Å². The number of amides is 3. The Morgan fingerprint density at radius 3 is 2.21 bits per heavy atom. The van der Waals surface area contributed by atoms with Gasteiger partial charge in [-0.05, 0) is 31.0 Å². The number of hydrogen-bond acceptors (Lipinski definition) is 3. The highest BCUT2D eigenvalue weighted by Crippen LogP contribution is 2.37. The standard InChI is InChI=1S/C19H24F3N3O3/c1-11(2)18(28)25-8-6-13(7-9-25)17(27)24-16-5-4-14(23-12(3)26)10-15(16)19(20,21)22/h4-5,10-11,13H,6-9H2,1-3H3,(H,23,26)(H,24,27). The molecule has 154 valence electrons. The van der Waals surface area contributed by atoms with Gasteiger partial charge in [0.2, 0.25) is 17.7 Å². The van der Waals surface area contributed by atoms with Crippen LogP contribution in [0.4, 0.5) is 24.5 Å². The lowest BCUT2D eigenvalue weighted by Crippen LogP contribution is -2.43. The molecule has 0 atom stereocenters. The second-order valence-corrected chi connectivity index (χ2v) is 7.18. The van der Waals surface area contributed by atoms with Gasteiger partial charge >= 0.3 is 6.18 Å². The molecule has 1 aromatic carbocycles. The first-order valence-corrected chi connectivity index (χ1v) is 9.07. The molecular formula is C19H24F3N3O3. The average Bonchev–Trinajstić information content (AvgIpc) is 2.61. The van der Waals surface area contributed by atoms with E-state index in [0.717, 1.165) is 12.1 Å². The number of piperidine rings is 1. The van der Waals surface area contributed by atoms with E-state index in [-0.39, 0.29) is 23.2 Å². The molecule has 2 rings (SSSR count). The lowest BCUT2D eigenvalue weighted by atomic mass is 9.95. The third kappa shape index (κ3) is 5.46. The van der Waals surface area contributed by atoms with Crippen molar-refractivity contribution in [3.8, 4) is 0 Å². The van der Waals surface area contributed by atoms with Gasteiger partial charge in [-0.25, -0.2) is 0 Å². The van der Waals surface area contributed by atoms with Crippen molar-refractivity contribution in [1.29, 1.82) is 0 Å². The molecule has 0 unspecified atom stereocenters. The summed E-state index contributed by atoms with van der Waals surface area (Å²) in [5.41, 5.74) is -1.38. The molecule has 0 bridgehead atoms. The number of nitrogens with zero attached hydrogens (tertiary/aromatic N) is 1. The minimum absolute atomic E-state index is 0.00155. The number of benzene rings is 1. The molecule has 1 fully saturated rings. The van der Waals surface area contributed by atoms with Crippen molar-refractivity contribution in [2.24, 2.45) is 11.8 Å². The van der Waals surface area contributed by atoms with Crippen LogP contribution in [0.2, 0.25) is 0 Å². The fourth-order valence-corrected chi connectivity index (χ4v) is 3.13. The van der Waals surface area contributed by atoms with E-state index in [9.17, 15) is 27.6 Å². The molecule has 0 aromatic heterocycles. The van der Waals surface area contributed by atoms with Crippen LogP contribution in [0.15, 0.2) is 18.2 Å². The van der Waals surface area contributed by atoms with Gasteiger partial charge in [0.15, 0.2) is 0 Å². The Balaban J connectivity index is 2.09. The SMILES string of the molecule is CC(=O)Nc1ccc(NC(=O)C2CCN(C(=O)C(C)C)CC2)c(C(F)(F)F)c1. The molecule has 3 amide bonds.